The second-order valence-electron chi connectivity index (χ2n) is 7.82. The van der Waals surface area contributed by atoms with Crippen molar-refractivity contribution in [2.75, 3.05) is 43.1 Å². The predicted octanol–water partition coefficient (Wildman–Crippen LogP) is 2.50. The normalized spacial score (nSPS) is 19.6. The maximum atomic E-state index is 13.2. The number of hydrogen-bond donors (Lipinski definition) is 0. The molecule has 1 amide bonds. The van der Waals surface area contributed by atoms with Crippen LogP contribution in [0.1, 0.15) is 19.4 Å². The topological polar surface area (TPSA) is 70.2 Å². The third-order valence-electron chi connectivity index (χ3n) is 5.92. The third kappa shape index (κ3) is 3.65. The molecule has 0 bridgehead atoms. The number of fused-ring (bicyclic) bond motifs is 1. The number of carbonyl (C=O) groups is 1. The van der Waals surface area contributed by atoms with Gasteiger partial charge < -0.3 is 14.5 Å². The van der Waals surface area contributed by atoms with Gasteiger partial charge in [-0.1, -0.05) is 0 Å². The number of piperazine rings is 1. The first-order valence-corrected chi connectivity index (χ1v) is 11.6. The smallest absolute Gasteiger partial charge is 0.243 e. The van der Waals surface area contributed by atoms with Gasteiger partial charge in [0.15, 0.2) is 0 Å². The van der Waals surface area contributed by atoms with Crippen LogP contribution in [0.15, 0.2) is 47.4 Å². The van der Waals surface area contributed by atoms with E-state index >= 15 is 0 Å². The van der Waals surface area contributed by atoms with Crippen molar-refractivity contribution in [3.05, 3.63) is 48.0 Å². The Kier molecular flexibility index (Phi) is 5.46. The lowest BCUT2D eigenvalue weighted by Gasteiger charge is -2.35. The molecule has 0 aromatic heterocycles. The van der Waals surface area contributed by atoms with Crippen LogP contribution in [0.2, 0.25) is 0 Å². The highest BCUT2D eigenvalue weighted by Crippen LogP contribution is 2.34. The van der Waals surface area contributed by atoms with Crippen LogP contribution >= 0.6 is 0 Å². The number of amides is 1. The number of nitrogens with zero attached hydrogens (tertiary/aromatic N) is 3. The quantitative estimate of drug-likeness (QED) is 0.747. The van der Waals surface area contributed by atoms with Crippen molar-refractivity contribution in [2.24, 2.45) is 0 Å². The van der Waals surface area contributed by atoms with Gasteiger partial charge in [0.1, 0.15) is 5.75 Å². The summed E-state index contributed by atoms with van der Waals surface area (Å²) in [7, 11) is -1.94. The molecule has 2 aromatic rings. The van der Waals surface area contributed by atoms with Crippen molar-refractivity contribution in [1.82, 2.24) is 4.31 Å². The molecule has 0 saturated carbocycles. The molecule has 1 fully saturated rings. The third-order valence-corrected chi connectivity index (χ3v) is 7.81. The second-order valence-corrected chi connectivity index (χ2v) is 9.76. The Morgan fingerprint density at radius 3 is 2.30 bits per heavy atom. The van der Waals surface area contributed by atoms with Gasteiger partial charge in [0.25, 0.3) is 0 Å². The van der Waals surface area contributed by atoms with Crippen molar-refractivity contribution < 1.29 is 17.9 Å². The number of ether oxygens (including phenoxy) is 1. The highest BCUT2D eigenvalue weighted by molar-refractivity contribution is 7.89. The Balaban J connectivity index is 1.49. The highest BCUT2D eigenvalue weighted by atomic mass is 32.2. The van der Waals surface area contributed by atoms with Crippen LogP contribution in [0, 0.1) is 0 Å². The molecular weight excluding hydrogens is 402 g/mol. The number of methoxy groups -OCH3 is 1. The molecule has 160 valence electrons. The first kappa shape index (κ1) is 20.7. The lowest BCUT2D eigenvalue weighted by atomic mass is 10.1. The molecular formula is C22H27N3O4S. The summed E-state index contributed by atoms with van der Waals surface area (Å²) in [5, 5.41) is 0. The Bertz CT molecular complexity index is 1040. The maximum Gasteiger partial charge on any atom is 0.243 e. The average Bonchev–Trinajstić information content (AvgIpc) is 3.09. The van der Waals surface area contributed by atoms with Crippen molar-refractivity contribution in [2.45, 2.75) is 31.2 Å². The van der Waals surface area contributed by atoms with Crippen LogP contribution in [0.4, 0.5) is 11.4 Å². The molecule has 0 N–H and O–H groups in total. The fourth-order valence-corrected chi connectivity index (χ4v) is 5.85. The number of rotatable bonds is 4. The molecule has 2 aliphatic heterocycles. The zero-order chi connectivity index (χ0) is 21.5. The molecule has 1 atom stereocenters. The molecule has 0 radical (unpaired) electrons. The van der Waals surface area contributed by atoms with Crippen LogP contribution in [-0.2, 0) is 21.2 Å². The Labute approximate surface area is 177 Å². The minimum atomic E-state index is -3.57. The van der Waals surface area contributed by atoms with E-state index < -0.39 is 10.0 Å². The lowest BCUT2D eigenvalue weighted by Crippen LogP contribution is -2.48. The maximum absolute atomic E-state index is 13.2. The summed E-state index contributed by atoms with van der Waals surface area (Å²) in [6.07, 6.45) is 0.670. The van der Waals surface area contributed by atoms with Gasteiger partial charge in [0, 0.05) is 50.5 Å². The number of carbonyl (C=O) groups excluding carboxylic acids is 1. The summed E-state index contributed by atoms with van der Waals surface area (Å²) in [6.45, 7) is 5.65. The van der Waals surface area contributed by atoms with Gasteiger partial charge in [-0.3, -0.25) is 4.79 Å². The summed E-state index contributed by atoms with van der Waals surface area (Å²) in [4.78, 5) is 16.1. The van der Waals surface area contributed by atoms with Crippen molar-refractivity contribution >= 4 is 27.3 Å². The molecule has 0 aliphatic carbocycles. The van der Waals surface area contributed by atoms with Gasteiger partial charge in [0.05, 0.1) is 12.0 Å². The monoisotopic (exact) mass is 429 g/mol. The molecule has 7 nitrogen and oxygen atoms in total. The zero-order valence-corrected chi connectivity index (χ0v) is 18.4. The van der Waals surface area contributed by atoms with E-state index in [2.05, 4.69) is 4.90 Å². The molecule has 1 saturated heterocycles. The van der Waals surface area contributed by atoms with Gasteiger partial charge in [0.2, 0.25) is 15.9 Å². The van der Waals surface area contributed by atoms with E-state index in [1.54, 1.807) is 41.4 Å². The standard InChI is InChI=1S/C22H27N3O4S/c1-16-14-18-15-21(8-9-22(18)25(16)17(2)26)30(27,28)24-12-10-23(11-13-24)19-4-6-20(29-3)7-5-19/h4-9,15-16H,10-14H2,1-3H3/t16-/m0/s1. The summed E-state index contributed by atoms with van der Waals surface area (Å²) in [5.74, 6) is 0.778. The molecule has 2 aromatic carbocycles. The van der Waals surface area contributed by atoms with Gasteiger partial charge in [-0.25, -0.2) is 8.42 Å². The Hall–Kier alpha value is -2.58. The largest absolute Gasteiger partial charge is 0.497 e. The van der Waals surface area contributed by atoms with Crippen molar-refractivity contribution in [1.29, 1.82) is 0 Å². The number of anilines is 2. The zero-order valence-electron chi connectivity index (χ0n) is 17.5. The van der Waals surface area contributed by atoms with Crippen molar-refractivity contribution in [3.63, 3.8) is 0 Å². The van der Waals surface area contributed by atoms with E-state index in [4.69, 9.17) is 4.74 Å². The van der Waals surface area contributed by atoms with Crippen LogP contribution in [0.3, 0.4) is 0 Å². The summed E-state index contributed by atoms with van der Waals surface area (Å²) >= 11 is 0. The molecule has 8 heteroatoms. The van der Waals surface area contributed by atoms with E-state index in [1.807, 2.05) is 31.2 Å². The number of sulfonamides is 1. The molecule has 30 heavy (non-hydrogen) atoms. The minimum absolute atomic E-state index is 0.0217. The van der Waals surface area contributed by atoms with Crippen LogP contribution in [0.5, 0.6) is 5.75 Å². The first-order chi connectivity index (χ1) is 14.3. The Morgan fingerprint density at radius 1 is 1.03 bits per heavy atom. The van der Waals surface area contributed by atoms with Gasteiger partial charge in [-0.2, -0.15) is 4.31 Å². The first-order valence-electron chi connectivity index (χ1n) is 10.1. The molecule has 4 rings (SSSR count). The van der Waals surface area contributed by atoms with E-state index in [-0.39, 0.29) is 11.9 Å². The minimum Gasteiger partial charge on any atom is -0.497 e. The van der Waals surface area contributed by atoms with E-state index in [0.29, 0.717) is 37.5 Å². The second kappa shape index (κ2) is 7.92. The fourth-order valence-electron chi connectivity index (χ4n) is 4.38. The number of hydrogen-bond acceptors (Lipinski definition) is 5. The van der Waals surface area contributed by atoms with Gasteiger partial charge in [-0.05, 0) is 61.4 Å². The predicted molar refractivity (Wildman–Crippen MR) is 117 cm³/mol. The average molecular weight is 430 g/mol. The van der Waals surface area contributed by atoms with Gasteiger partial charge >= 0.3 is 0 Å². The number of benzene rings is 2. The molecule has 0 unspecified atom stereocenters. The van der Waals surface area contributed by atoms with Crippen molar-refractivity contribution in [3.8, 4) is 5.75 Å². The van der Waals surface area contributed by atoms with Crippen LogP contribution in [-0.4, -0.2) is 58.0 Å². The molecule has 2 heterocycles. The fraction of sp³-hybridized carbons (Fsp3) is 0.409. The molecule has 2 aliphatic rings. The molecule has 0 spiro atoms. The van der Waals surface area contributed by atoms with Crippen LogP contribution < -0.4 is 14.5 Å². The Morgan fingerprint density at radius 2 is 1.70 bits per heavy atom. The summed E-state index contributed by atoms with van der Waals surface area (Å²) < 4.78 is 33.2. The SMILES string of the molecule is COc1ccc(N2CCN(S(=O)(=O)c3ccc4c(c3)C[C@H](C)N4C(C)=O)CC2)cc1. The van der Waals surface area contributed by atoms with Gasteiger partial charge in [-0.15, -0.1) is 0 Å². The summed E-state index contributed by atoms with van der Waals surface area (Å²) in [5.41, 5.74) is 2.79. The lowest BCUT2D eigenvalue weighted by molar-refractivity contribution is -0.116. The van der Waals surface area contributed by atoms with E-state index in [0.717, 1.165) is 22.7 Å². The summed E-state index contributed by atoms with van der Waals surface area (Å²) in [6, 6.07) is 13.0. The highest BCUT2D eigenvalue weighted by Gasteiger charge is 2.33. The van der Waals surface area contributed by atoms with Crippen LogP contribution in [0.25, 0.3) is 0 Å². The van der Waals surface area contributed by atoms with E-state index in [1.165, 1.54) is 0 Å². The van der Waals surface area contributed by atoms with E-state index in [9.17, 15) is 13.2 Å².